The van der Waals surface area contributed by atoms with Gasteiger partial charge in [-0.3, -0.25) is 4.79 Å². The zero-order chi connectivity index (χ0) is 16.6. The average Bonchev–Trinajstić information content (AvgIpc) is 2.50. The molecule has 0 aliphatic rings. The number of allylic oxidation sites excluding steroid dienone is 5. The Morgan fingerprint density at radius 2 is 1.59 bits per heavy atom. The molecule has 0 heterocycles. The summed E-state index contributed by atoms with van der Waals surface area (Å²) >= 11 is 0. The molecule has 0 rings (SSSR count). The van der Waals surface area contributed by atoms with Gasteiger partial charge in [0.2, 0.25) is 0 Å². The molecule has 0 fully saturated rings. The van der Waals surface area contributed by atoms with Gasteiger partial charge in [-0.05, 0) is 25.7 Å². The molecule has 0 aliphatic heterocycles. The van der Waals surface area contributed by atoms with Gasteiger partial charge in [0.05, 0.1) is 12.2 Å². The molecule has 126 valence electrons. The van der Waals surface area contributed by atoms with Crippen molar-refractivity contribution >= 4 is 5.97 Å². The summed E-state index contributed by atoms with van der Waals surface area (Å²) in [5.41, 5.74) is 0. The smallest absolute Gasteiger partial charge is 0.303 e. The first-order chi connectivity index (χ1) is 10.6. The van der Waals surface area contributed by atoms with Crippen molar-refractivity contribution in [1.29, 1.82) is 0 Å². The molecule has 2 unspecified atom stereocenters. The maximum absolute atomic E-state index is 10.3. The van der Waals surface area contributed by atoms with E-state index in [4.69, 9.17) is 5.11 Å². The van der Waals surface area contributed by atoms with Gasteiger partial charge >= 0.3 is 5.97 Å². The Hall–Kier alpha value is -1.39. The first-order valence-electron chi connectivity index (χ1n) is 8.15. The van der Waals surface area contributed by atoms with Crippen molar-refractivity contribution in [1.82, 2.24) is 0 Å². The number of aliphatic hydroxyl groups excluding tert-OH is 2. The fraction of sp³-hybridized carbons (Fsp3) is 0.611. The lowest BCUT2D eigenvalue weighted by atomic mass is 10.1. The second kappa shape index (κ2) is 14.5. The van der Waals surface area contributed by atoms with Gasteiger partial charge in [-0.15, -0.1) is 0 Å². The molecule has 0 aliphatic carbocycles. The third-order valence-corrected chi connectivity index (χ3v) is 3.35. The van der Waals surface area contributed by atoms with E-state index in [2.05, 4.69) is 6.08 Å². The molecule has 3 N–H and O–H groups in total. The van der Waals surface area contributed by atoms with Gasteiger partial charge in [0.1, 0.15) is 0 Å². The first-order valence-corrected chi connectivity index (χ1v) is 8.15. The van der Waals surface area contributed by atoms with Gasteiger partial charge in [0.25, 0.3) is 0 Å². The lowest BCUT2D eigenvalue weighted by Crippen LogP contribution is -2.22. The summed E-state index contributed by atoms with van der Waals surface area (Å²) in [6.07, 6.45) is 16.5. The van der Waals surface area contributed by atoms with Crippen molar-refractivity contribution in [3.8, 4) is 0 Å². The van der Waals surface area contributed by atoms with Crippen LogP contribution in [0.3, 0.4) is 0 Å². The van der Waals surface area contributed by atoms with Crippen LogP contribution in [0.4, 0.5) is 0 Å². The number of unbranched alkanes of at least 4 members (excludes halogenated alkanes) is 5. The number of rotatable bonds is 13. The van der Waals surface area contributed by atoms with Gasteiger partial charge in [0, 0.05) is 6.42 Å². The lowest BCUT2D eigenvalue weighted by molar-refractivity contribution is -0.137. The monoisotopic (exact) mass is 310 g/mol. The second-order valence-corrected chi connectivity index (χ2v) is 5.36. The molecule has 0 amide bonds. The maximum Gasteiger partial charge on any atom is 0.303 e. The van der Waals surface area contributed by atoms with Gasteiger partial charge < -0.3 is 15.3 Å². The van der Waals surface area contributed by atoms with Crippen LogP contribution in [0.5, 0.6) is 0 Å². The van der Waals surface area contributed by atoms with Crippen molar-refractivity contribution in [2.24, 2.45) is 0 Å². The van der Waals surface area contributed by atoms with Gasteiger partial charge in [-0.25, -0.2) is 0 Å². The van der Waals surface area contributed by atoms with E-state index < -0.39 is 18.2 Å². The summed E-state index contributed by atoms with van der Waals surface area (Å²) in [5, 5.41) is 27.3. The molecule has 0 saturated carbocycles. The van der Waals surface area contributed by atoms with E-state index in [0.717, 1.165) is 38.5 Å². The van der Waals surface area contributed by atoms with Crippen molar-refractivity contribution < 1.29 is 20.1 Å². The van der Waals surface area contributed by atoms with E-state index in [-0.39, 0.29) is 6.42 Å². The van der Waals surface area contributed by atoms with Crippen LogP contribution < -0.4 is 0 Å². The molecule has 0 radical (unpaired) electrons. The average molecular weight is 310 g/mol. The van der Waals surface area contributed by atoms with E-state index in [1.807, 2.05) is 25.2 Å². The Balaban J connectivity index is 3.52. The molecule has 0 spiro atoms. The number of aliphatic hydroxyl groups is 2. The quantitative estimate of drug-likeness (QED) is 0.359. The molecule has 0 aromatic heterocycles. The number of aliphatic carboxylic acids is 1. The topological polar surface area (TPSA) is 77.8 Å². The normalized spacial score (nSPS) is 15.0. The van der Waals surface area contributed by atoms with E-state index in [1.54, 1.807) is 12.2 Å². The van der Waals surface area contributed by atoms with Crippen molar-refractivity contribution in [2.45, 2.75) is 70.5 Å². The molecule has 0 bridgehead atoms. The minimum Gasteiger partial charge on any atom is -0.481 e. The fourth-order valence-corrected chi connectivity index (χ4v) is 1.92. The fourth-order valence-electron chi connectivity index (χ4n) is 1.92. The summed E-state index contributed by atoms with van der Waals surface area (Å²) in [6, 6.07) is 0. The SMILES string of the molecule is CCC(O)C(O)/C=C/C=C/C=C\CCCCCCCC(=O)O. The molecule has 4 nitrogen and oxygen atoms in total. The summed E-state index contributed by atoms with van der Waals surface area (Å²) in [7, 11) is 0. The highest BCUT2D eigenvalue weighted by Gasteiger charge is 2.08. The highest BCUT2D eigenvalue weighted by Crippen LogP contribution is 2.07. The minimum atomic E-state index is -0.806. The van der Waals surface area contributed by atoms with Crippen LogP contribution >= 0.6 is 0 Å². The van der Waals surface area contributed by atoms with E-state index in [9.17, 15) is 15.0 Å². The Morgan fingerprint density at radius 3 is 2.27 bits per heavy atom. The van der Waals surface area contributed by atoms with Crippen molar-refractivity contribution in [3.63, 3.8) is 0 Å². The van der Waals surface area contributed by atoms with E-state index in [0.29, 0.717) is 6.42 Å². The number of carboxylic acid groups (broad SMARTS) is 1. The molecular formula is C18H30O4. The van der Waals surface area contributed by atoms with Crippen LogP contribution in [0.1, 0.15) is 58.3 Å². The predicted octanol–water partition coefficient (Wildman–Crippen LogP) is 3.60. The lowest BCUT2D eigenvalue weighted by Gasteiger charge is -2.10. The summed E-state index contributed by atoms with van der Waals surface area (Å²) in [5.74, 6) is -0.708. The Bertz CT molecular complexity index is 358. The van der Waals surface area contributed by atoms with Crippen LogP contribution in [0.2, 0.25) is 0 Å². The minimum absolute atomic E-state index is 0.280. The maximum atomic E-state index is 10.3. The molecule has 2 atom stereocenters. The van der Waals surface area contributed by atoms with Gasteiger partial charge in [-0.2, -0.15) is 0 Å². The van der Waals surface area contributed by atoms with Crippen LogP contribution in [0, 0.1) is 0 Å². The summed E-state index contributed by atoms with van der Waals surface area (Å²) < 4.78 is 0. The summed E-state index contributed by atoms with van der Waals surface area (Å²) in [4.78, 5) is 10.3. The summed E-state index contributed by atoms with van der Waals surface area (Å²) in [6.45, 7) is 1.83. The predicted molar refractivity (Wildman–Crippen MR) is 89.7 cm³/mol. The van der Waals surface area contributed by atoms with Gasteiger partial charge in [0.15, 0.2) is 0 Å². The highest BCUT2D eigenvalue weighted by atomic mass is 16.4. The van der Waals surface area contributed by atoms with Crippen LogP contribution in [0.25, 0.3) is 0 Å². The Labute approximate surface area is 133 Å². The Morgan fingerprint density at radius 1 is 0.955 bits per heavy atom. The number of hydrogen-bond donors (Lipinski definition) is 3. The third-order valence-electron chi connectivity index (χ3n) is 3.35. The standard InChI is InChI=1S/C18H30O4/c1-2-16(19)17(20)14-12-10-8-6-4-3-5-7-9-11-13-15-18(21)22/h4,6,8,10,12,14,16-17,19-20H,2-3,5,7,9,11,13,15H2,1H3,(H,21,22)/b6-4-,10-8+,14-12+. The zero-order valence-electron chi connectivity index (χ0n) is 13.5. The number of carboxylic acids is 1. The van der Waals surface area contributed by atoms with Gasteiger partial charge in [-0.1, -0.05) is 62.6 Å². The molecular weight excluding hydrogens is 280 g/mol. The second-order valence-electron chi connectivity index (χ2n) is 5.36. The number of carbonyl (C=O) groups is 1. The zero-order valence-corrected chi connectivity index (χ0v) is 13.5. The van der Waals surface area contributed by atoms with Crippen LogP contribution in [-0.2, 0) is 4.79 Å². The van der Waals surface area contributed by atoms with Crippen LogP contribution in [-0.4, -0.2) is 33.5 Å². The van der Waals surface area contributed by atoms with Crippen molar-refractivity contribution in [3.05, 3.63) is 36.5 Å². The molecule has 0 aromatic rings. The molecule has 0 aromatic carbocycles. The Kier molecular flexibility index (Phi) is 13.6. The largest absolute Gasteiger partial charge is 0.481 e. The highest BCUT2D eigenvalue weighted by molar-refractivity contribution is 5.66. The number of hydrogen-bond acceptors (Lipinski definition) is 3. The molecule has 4 heteroatoms. The van der Waals surface area contributed by atoms with E-state index >= 15 is 0 Å². The third kappa shape index (κ3) is 13.6. The van der Waals surface area contributed by atoms with E-state index in [1.165, 1.54) is 0 Å². The molecule has 0 saturated heterocycles. The van der Waals surface area contributed by atoms with Crippen molar-refractivity contribution in [2.75, 3.05) is 0 Å². The molecule has 22 heavy (non-hydrogen) atoms. The van der Waals surface area contributed by atoms with Crippen LogP contribution in [0.15, 0.2) is 36.5 Å². The first kappa shape index (κ1) is 20.6.